The van der Waals surface area contributed by atoms with Crippen LogP contribution in [0, 0.1) is 0 Å². The summed E-state index contributed by atoms with van der Waals surface area (Å²) in [5, 5.41) is 7.13. The Labute approximate surface area is 173 Å². The minimum Gasteiger partial charge on any atom is -0.457 e. The lowest BCUT2D eigenvalue weighted by atomic mass is 10.1. The molecule has 2 aromatic carbocycles. The van der Waals surface area contributed by atoms with E-state index in [1.54, 1.807) is 59.9 Å². The minimum absolute atomic E-state index is 0.121. The highest BCUT2D eigenvalue weighted by Crippen LogP contribution is 2.23. The zero-order valence-electron chi connectivity index (χ0n) is 16.3. The first-order chi connectivity index (χ1) is 13.9. The summed E-state index contributed by atoms with van der Waals surface area (Å²) in [7, 11) is 3.99. The van der Waals surface area contributed by atoms with Crippen molar-refractivity contribution >= 4 is 23.2 Å². The zero-order valence-corrected chi connectivity index (χ0v) is 17.1. The molecule has 29 heavy (non-hydrogen) atoms. The highest BCUT2D eigenvalue weighted by molar-refractivity contribution is 7.07. The van der Waals surface area contributed by atoms with E-state index in [0.29, 0.717) is 29.2 Å². The van der Waals surface area contributed by atoms with Crippen molar-refractivity contribution in [2.24, 2.45) is 5.73 Å². The Morgan fingerprint density at radius 3 is 2.07 bits per heavy atom. The van der Waals surface area contributed by atoms with Crippen molar-refractivity contribution in [2.45, 2.75) is 6.04 Å². The Morgan fingerprint density at radius 2 is 1.59 bits per heavy atom. The van der Waals surface area contributed by atoms with Crippen molar-refractivity contribution in [3.05, 3.63) is 82.0 Å². The van der Waals surface area contributed by atoms with Crippen LogP contribution in [0.3, 0.4) is 0 Å². The van der Waals surface area contributed by atoms with E-state index >= 15 is 0 Å². The Bertz CT molecular complexity index is 952. The second kappa shape index (κ2) is 9.36. The molecule has 0 radical (unpaired) electrons. The highest BCUT2D eigenvalue weighted by Gasteiger charge is 2.16. The van der Waals surface area contributed by atoms with Crippen molar-refractivity contribution in [3.8, 4) is 11.5 Å². The molecule has 7 heteroatoms. The van der Waals surface area contributed by atoms with Gasteiger partial charge in [0.2, 0.25) is 5.91 Å². The summed E-state index contributed by atoms with van der Waals surface area (Å²) in [5.41, 5.74) is 7.39. The van der Waals surface area contributed by atoms with Gasteiger partial charge in [-0.25, -0.2) is 0 Å². The van der Waals surface area contributed by atoms with Crippen LogP contribution in [-0.4, -0.2) is 37.4 Å². The molecule has 2 amide bonds. The minimum atomic E-state index is -0.484. The van der Waals surface area contributed by atoms with Crippen LogP contribution in [0.25, 0.3) is 0 Å². The number of likely N-dealkylation sites (N-methyl/N-ethyl adjacent to an activating group) is 1. The van der Waals surface area contributed by atoms with Gasteiger partial charge in [0.1, 0.15) is 11.5 Å². The average Bonchev–Trinajstić information content (AvgIpc) is 3.23. The fourth-order valence-corrected chi connectivity index (χ4v) is 3.56. The summed E-state index contributed by atoms with van der Waals surface area (Å²) in [4.78, 5) is 25.7. The number of rotatable bonds is 8. The molecule has 0 aliphatic rings. The topological polar surface area (TPSA) is 84.7 Å². The lowest BCUT2D eigenvalue weighted by molar-refractivity contribution is 0.0941. The Balaban J connectivity index is 1.59. The molecule has 3 N–H and O–H groups in total. The maximum atomic E-state index is 12.5. The first-order valence-electron chi connectivity index (χ1n) is 9.08. The number of thiophene rings is 1. The van der Waals surface area contributed by atoms with E-state index in [2.05, 4.69) is 21.7 Å². The predicted octanol–water partition coefficient (Wildman–Crippen LogP) is 3.67. The number of primary amides is 1. The van der Waals surface area contributed by atoms with Gasteiger partial charge in [0, 0.05) is 17.7 Å². The third kappa shape index (κ3) is 5.43. The molecule has 0 saturated heterocycles. The Hall–Kier alpha value is -3.16. The first kappa shape index (κ1) is 20.6. The smallest absolute Gasteiger partial charge is 0.251 e. The van der Waals surface area contributed by atoms with Crippen LogP contribution in [0.15, 0.2) is 65.4 Å². The quantitative estimate of drug-likeness (QED) is 0.594. The average molecular weight is 410 g/mol. The lowest BCUT2D eigenvalue weighted by Gasteiger charge is -2.24. The molecule has 0 saturated carbocycles. The maximum Gasteiger partial charge on any atom is 0.251 e. The fraction of sp³-hybridized carbons (Fsp3) is 0.182. The number of ether oxygens (including phenoxy) is 1. The van der Waals surface area contributed by atoms with Crippen molar-refractivity contribution < 1.29 is 14.3 Å². The molecule has 150 valence electrons. The lowest BCUT2D eigenvalue weighted by Crippen LogP contribution is -2.34. The number of nitrogens with zero attached hydrogens (tertiary/aromatic N) is 1. The van der Waals surface area contributed by atoms with Crippen LogP contribution in [0.4, 0.5) is 0 Å². The normalized spacial score (nSPS) is 11.8. The van der Waals surface area contributed by atoms with E-state index in [1.807, 2.05) is 19.5 Å². The number of benzene rings is 2. The van der Waals surface area contributed by atoms with Crippen LogP contribution in [0.1, 0.15) is 32.3 Å². The molecule has 0 spiro atoms. The first-order valence-corrected chi connectivity index (χ1v) is 10.0. The number of carbonyl (C=O) groups is 2. The highest BCUT2D eigenvalue weighted by atomic mass is 32.1. The van der Waals surface area contributed by atoms with Gasteiger partial charge in [-0.15, -0.1) is 0 Å². The molecule has 0 aliphatic heterocycles. The third-order valence-corrected chi connectivity index (χ3v) is 5.20. The van der Waals surface area contributed by atoms with E-state index in [0.717, 1.165) is 0 Å². The molecule has 1 unspecified atom stereocenters. The molecule has 0 fully saturated rings. The molecule has 0 aliphatic carbocycles. The summed E-state index contributed by atoms with van der Waals surface area (Å²) >= 11 is 1.64. The summed E-state index contributed by atoms with van der Waals surface area (Å²) in [6.07, 6.45) is 0. The largest absolute Gasteiger partial charge is 0.457 e. The molecule has 3 aromatic rings. The van der Waals surface area contributed by atoms with Crippen molar-refractivity contribution in [3.63, 3.8) is 0 Å². The van der Waals surface area contributed by atoms with Gasteiger partial charge < -0.3 is 20.7 Å². The van der Waals surface area contributed by atoms with E-state index in [4.69, 9.17) is 10.5 Å². The van der Waals surface area contributed by atoms with Gasteiger partial charge in [-0.1, -0.05) is 0 Å². The van der Waals surface area contributed by atoms with E-state index in [1.165, 1.54) is 5.56 Å². The Morgan fingerprint density at radius 1 is 1.00 bits per heavy atom. The van der Waals surface area contributed by atoms with Crippen LogP contribution in [-0.2, 0) is 0 Å². The van der Waals surface area contributed by atoms with Crippen molar-refractivity contribution in [1.29, 1.82) is 0 Å². The standard InChI is InChI=1S/C22H23N3O3S/c1-25(2)20(17-11-12-29-14-17)13-24-22(27)16-5-9-19(10-6-16)28-18-7-3-15(4-8-18)21(23)26/h3-12,14,20H,13H2,1-2H3,(H2,23,26)(H,24,27). The van der Waals surface area contributed by atoms with Crippen LogP contribution in [0.5, 0.6) is 11.5 Å². The Kier molecular flexibility index (Phi) is 6.64. The molecular weight excluding hydrogens is 386 g/mol. The number of nitrogens with one attached hydrogen (secondary N) is 1. The maximum absolute atomic E-state index is 12.5. The summed E-state index contributed by atoms with van der Waals surface area (Å²) in [5.74, 6) is 0.557. The molecule has 6 nitrogen and oxygen atoms in total. The zero-order chi connectivity index (χ0) is 20.8. The van der Waals surface area contributed by atoms with Gasteiger partial charge in [0.05, 0.1) is 6.04 Å². The van der Waals surface area contributed by atoms with Crippen LogP contribution >= 0.6 is 11.3 Å². The second-order valence-corrected chi connectivity index (χ2v) is 7.54. The monoisotopic (exact) mass is 409 g/mol. The van der Waals surface area contributed by atoms with Crippen LogP contribution < -0.4 is 15.8 Å². The second-order valence-electron chi connectivity index (χ2n) is 6.76. The van der Waals surface area contributed by atoms with E-state index in [9.17, 15) is 9.59 Å². The van der Waals surface area contributed by atoms with Gasteiger partial charge in [-0.2, -0.15) is 11.3 Å². The summed E-state index contributed by atoms with van der Waals surface area (Å²) < 4.78 is 5.74. The summed E-state index contributed by atoms with van der Waals surface area (Å²) in [6, 6.07) is 15.7. The molecular formula is C22H23N3O3S. The van der Waals surface area contributed by atoms with Gasteiger partial charge in [0.25, 0.3) is 5.91 Å². The molecule has 0 bridgehead atoms. The van der Waals surface area contributed by atoms with E-state index in [-0.39, 0.29) is 11.9 Å². The van der Waals surface area contributed by atoms with Gasteiger partial charge in [0.15, 0.2) is 0 Å². The number of nitrogens with two attached hydrogens (primary N) is 1. The van der Waals surface area contributed by atoms with Gasteiger partial charge in [-0.3, -0.25) is 9.59 Å². The number of carbonyl (C=O) groups excluding carboxylic acids is 2. The summed E-state index contributed by atoms with van der Waals surface area (Å²) in [6.45, 7) is 0.521. The van der Waals surface area contributed by atoms with Gasteiger partial charge in [-0.05, 0) is 85.0 Å². The molecule has 3 rings (SSSR count). The molecule has 1 heterocycles. The number of amides is 2. The number of hydrogen-bond donors (Lipinski definition) is 2. The fourth-order valence-electron chi connectivity index (χ4n) is 2.85. The predicted molar refractivity (Wildman–Crippen MR) is 115 cm³/mol. The van der Waals surface area contributed by atoms with Crippen molar-refractivity contribution in [2.75, 3.05) is 20.6 Å². The molecule has 1 atom stereocenters. The van der Waals surface area contributed by atoms with Crippen LogP contribution in [0.2, 0.25) is 0 Å². The number of hydrogen-bond acceptors (Lipinski definition) is 5. The van der Waals surface area contributed by atoms with E-state index < -0.39 is 5.91 Å². The SMILES string of the molecule is CN(C)C(CNC(=O)c1ccc(Oc2ccc(C(N)=O)cc2)cc1)c1ccsc1. The van der Waals surface area contributed by atoms with Crippen molar-refractivity contribution in [1.82, 2.24) is 10.2 Å². The third-order valence-electron chi connectivity index (χ3n) is 4.50. The van der Waals surface area contributed by atoms with Gasteiger partial charge >= 0.3 is 0 Å². The molecule has 1 aromatic heterocycles.